The maximum atomic E-state index is 12.3. The molecule has 1 aromatic heterocycles. The van der Waals surface area contributed by atoms with Gasteiger partial charge in [0.1, 0.15) is 11.5 Å². The standard InChI is InChI=1S/C17H24N4O3S.CH2O2/c1-10-18-6-13(20-10)16(23)19-5-11-12-7-21(15(22)8-25-2)9-17(12)4-3-14(11)24-17;2-1-3/h6,11-12,14H,3-5,7-9H2,1-2H3,(H,18,20)(H,19,23);1H,(H,2,3)/t11-,12+,14+,17+;/m0./s1. The number of aryl methyl sites for hydroxylation is 1. The first-order valence-corrected chi connectivity index (χ1v) is 10.7. The fraction of sp³-hybridized carbons (Fsp3) is 0.667. The van der Waals surface area contributed by atoms with Crippen molar-refractivity contribution in [3.05, 3.63) is 17.7 Å². The number of likely N-dealkylation sites (tertiary alicyclic amines) is 1. The molecule has 3 aliphatic rings. The molecule has 1 aromatic rings. The van der Waals surface area contributed by atoms with E-state index in [1.165, 1.54) is 0 Å². The van der Waals surface area contributed by atoms with Crippen LogP contribution in [0.2, 0.25) is 0 Å². The van der Waals surface area contributed by atoms with Crippen molar-refractivity contribution in [2.45, 2.75) is 31.5 Å². The summed E-state index contributed by atoms with van der Waals surface area (Å²) in [5.74, 6) is 1.90. The van der Waals surface area contributed by atoms with Gasteiger partial charge in [0.15, 0.2) is 0 Å². The predicted molar refractivity (Wildman–Crippen MR) is 103 cm³/mol. The van der Waals surface area contributed by atoms with Crippen LogP contribution in [0.1, 0.15) is 29.2 Å². The van der Waals surface area contributed by atoms with Gasteiger partial charge >= 0.3 is 0 Å². The van der Waals surface area contributed by atoms with E-state index in [2.05, 4.69) is 15.3 Å². The molecular weight excluding hydrogens is 384 g/mol. The fourth-order valence-corrected chi connectivity index (χ4v) is 5.14. The Bertz CT molecular complexity index is 741. The highest BCUT2D eigenvalue weighted by molar-refractivity contribution is 7.99. The molecule has 2 amide bonds. The van der Waals surface area contributed by atoms with Crippen LogP contribution in [-0.4, -0.2) is 81.6 Å². The highest BCUT2D eigenvalue weighted by atomic mass is 32.2. The Balaban J connectivity index is 0.000000706. The molecule has 4 rings (SSSR count). The van der Waals surface area contributed by atoms with Crippen LogP contribution >= 0.6 is 11.8 Å². The zero-order valence-corrected chi connectivity index (χ0v) is 16.8. The number of amides is 2. The number of ether oxygens (including phenoxy) is 1. The number of carbonyl (C=O) groups is 3. The highest BCUT2D eigenvalue weighted by Gasteiger charge is 2.63. The number of imidazole rings is 1. The van der Waals surface area contributed by atoms with Crippen LogP contribution in [0.15, 0.2) is 6.20 Å². The molecule has 0 saturated carbocycles. The first-order valence-electron chi connectivity index (χ1n) is 9.26. The summed E-state index contributed by atoms with van der Waals surface area (Å²) in [6.07, 6.45) is 5.75. The number of thioether (sulfide) groups is 1. The van der Waals surface area contributed by atoms with Crippen molar-refractivity contribution in [1.82, 2.24) is 20.2 Å². The topological polar surface area (TPSA) is 125 Å². The number of carboxylic acid groups (broad SMARTS) is 1. The van der Waals surface area contributed by atoms with E-state index in [0.717, 1.165) is 25.2 Å². The van der Waals surface area contributed by atoms with Gasteiger partial charge in [-0.25, -0.2) is 4.98 Å². The third-order valence-corrected chi connectivity index (χ3v) is 6.39. The molecule has 0 aromatic carbocycles. The molecule has 4 atom stereocenters. The number of aromatic amines is 1. The molecule has 3 N–H and O–H groups in total. The van der Waals surface area contributed by atoms with Crippen LogP contribution < -0.4 is 5.32 Å². The zero-order valence-electron chi connectivity index (χ0n) is 16.0. The van der Waals surface area contributed by atoms with Crippen molar-refractivity contribution in [1.29, 1.82) is 0 Å². The largest absolute Gasteiger partial charge is 0.483 e. The van der Waals surface area contributed by atoms with Crippen LogP contribution in [0.3, 0.4) is 0 Å². The lowest BCUT2D eigenvalue weighted by Gasteiger charge is -2.29. The summed E-state index contributed by atoms with van der Waals surface area (Å²) < 4.78 is 6.32. The average Bonchev–Trinajstić information content (AvgIpc) is 3.40. The lowest BCUT2D eigenvalue weighted by molar-refractivity contribution is -0.129. The molecule has 2 bridgehead atoms. The Labute approximate surface area is 167 Å². The van der Waals surface area contributed by atoms with E-state index >= 15 is 0 Å². The van der Waals surface area contributed by atoms with Crippen molar-refractivity contribution in [2.75, 3.05) is 31.6 Å². The highest BCUT2D eigenvalue weighted by Crippen LogP contribution is 2.54. The Morgan fingerprint density at radius 1 is 1.57 bits per heavy atom. The fourth-order valence-electron chi connectivity index (χ4n) is 4.71. The van der Waals surface area contributed by atoms with Gasteiger partial charge in [-0.05, 0) is 26.0 Å². The van der Waals surface area contributed by atoms with Crippen molar-refractivity contribution in [2.24, 2.45) is 11.8 Å². The van der Waals surface area contributed by atoms with E-state index in [9.17, 15) is 9.59 Å². The van der Waals surface area contributed by atoms with E-state index in [0.29, 0.717) is 30.5 Å². The van der Waals surface area contributed by atoms with E-state index < -0.39 is 0 Å². The number of rotatable bonds is 5. The third kappa shape index (κ3) is 3.88. The number of carbonyl (C=O) groups excluding carboxylic acids is 2. The Kier molecular flexibility index (Phi) is 6.29. The molecule has 0 aliphatic carbocycles. The van der Waals surface area contributed by atoms with Crippen LogP contribution in [0.25, 0.3) is 0 Å². The number of fused-ring (bicyclic) bond motifs is 1. The number of aromatic nitrogens is 2. The lowest BCUT2D eigenvalue weighted by atomic mass is 9.73. The SMILES string of the molecule is CSCC(=O)N1C[C@@H]2[C@H](CNC(=O)c3cnc(C)[nH]3)[C@H]3CC[C@]2(C1)O3.O=CO. The number of nitrogens with one attached hydrogen (secondary N) is 2. The first kappa shape index (κ1) is 20.7. The molecule has 10 heteroatoms. The molecule has 3 aliphatic heterocycles. The van der Waals surface area contributed by atoms with Crippen molar-refractivity contribution >= 4 is 30.0 Å². The quantitative estimate of drug-likeness (QED) is 0.604. The lowest BCUT2D eigenvalue weighted by Crippen LogP contribution is -2.42. The number of H-pyrrole nitrogens is 1. The van der Waals surface area contributed by atoms with Gasteiger partial charge in [0.05, 0.1) is 30.2 Å². The van der Waals surface area contributed by atoms with E-state index in [1.54, 1.807) is 18.0 Å². The number of hydrogen-bond acceptors (Lipinski definition) is 6. The van der Waals surface area contributed by atoms with Gasteiger partial charge in [0.25, 0.3) is 12.4 Å². The molecule has 3 fully saturated rings. The average molecular weight is 410 g/mol. The second-order valence-electron chi connectivity index (χ2n) is 7.44. The molecular formula is C18H26N4O5S. The summed E-state index contributed by atoms with van der Waals surface area (Å²) in [6, 6.07) is 0. The van der Waals surface area contributed by atoms with E-state index in [-0.39, 0.29) is 35.9 Å². The molecule has 4 heterocycles. The van der Waals surface area contributed by atoms with Gasteiger partial charge in [-0.1, -0.05) is 0 Å². The minimum Gasteiger partial charge on any atom is -0.483 e. The zero-order chi connectivity index (χ0) is 20.3. The van der Waals surface area contributed by atoms with Crippen LogP contribution in [0.4, 0.5) is 0 Å². The van der Waals surface area contributed by atoms with Gasteiger partial charge in [-0.15, -0.1) is 0 Å². The maximum absolute atomic E-state index is 12.3. The van der Waals surface area contributed by atoms with E-state index in [1.807, 2.05) is 18.1 Å². The van der Waals surface area contributed by atoms with E-state index in [4.69, 9.17) is 14.6 Å². The summed E-state index contributed by atoms with van der Waals surface area (Å²) in [6.45, 7) is 3.61. The smallest absolute Gasteiger partial charge is 0.290 e. The summed E-state index contributed by atoms with van der Waals surface area (Å²) in [7, 11) is 0. The number of hydrogen-bond donors (Lipinski definition) is 3. The third-order valence-electron chi connectivity index (χ3n) is 5.85. The molecule has 9 nitrogen and oxygen atoms in total. The normalized spacial score (nSPS) is 29.8. The second-order valence-corrected chi connectivity index (χ2v) is 8.30. The minimum absolute atomic E-state index is 0.134. The van der Waals surface area contributed by atoms with Gasteiger partial charge in [0, 0.05) is 24.9 Å². The van der Waals surface area contributed by atoms with Gasteiger partial charge in [-0.2, -0.15) is 11.8 Å². The molecule has 0 radical (unpaired) electrons. The second kappa shape index (κ2) is 8.52. The molecule has 1 spiro atoms. The molecule has 3 saturated heterocycles. The van der Waals surface area contributed by atoms with Crippen LogP contribution in [0.5, 0.6) is 0 Å². The van der Waals surface area contributed by atoms with Crippen molar-refractivity contribution in [3.63, 3.8) is 0 Å². The van der Waals surface area contributed by atoms with Gasteiger partial charge in [0.2, 0.25) is 5.91 Å². The minimum atomic E-state index is -0.250. The van der Waals surface area contributed by atoms with Gasteiger partial charge < -0.3 is 25.0 Å². The van der Waals surface area contributed by atoms with Crippen molar-refractivity contribution in [3.8, 4) is 0 Å². The summed E-state index contributed by atoms with van der Waals surface area (Å²) in [4.78, 5) is 41.9. The Morgan fingerprint density at radius 2 is 2.32 bits per heavy atom. The molecule has 0 unspecified atom stereocenters. The summed E-state index contributed by atoms with van der Waals surface area (Å²) >= 11 is 1.56. The molecule has 154 valence electrons. The van der Waals surface area contributed by atoms with Gasteiger partial charge in [-0.3, -0.25) is 14.4 Å². The van der Waals surface area contributed by atoms with Crippen LogP contribution in [0, 0.1) is 18.8 Å². The maximum Gasteiger partial charge on any atom is 0.290 e. The Morgan fingerprint density at radius 3 is 2.96 bits per heavy atom. The Hall–Kier alpha value is -2.07. The monoisotopic (exact) mass is 410 g/mol. The predicted octanol–water partition coefficient (Wildman–Crippen LogP) is 0.518. The van der Waals surface area contributed by atoms with Crippen LogP contribution in [-0.2, 0) is 14.3 Å². The number of nitrogens with zero attached hydrogens (tertiary/aromatic N) is 2. The van der Waals surface area contributed by atoms with Crippen molar-refractivity contribution < 1.29 is 24.2 Å². The first-order chi connectivity index (χ1) is 13.4. The summed E-state index contributed by atoms with van der Waals surface area (Å²) in [5, 5.41) is 9.91. The summed E-state index contributed by atoms with van der Waals surface area (Å²) in [5.41, 5.74) is 0.304. The molecule has 28 heavy (non-hydrogen) atoms.